The van der Waals surface area contributed by atoms with Crippen LogP contribution in [0.5, 0.6) is 5.75 Å². The molecule has 1 rings (SSSR count). The van der Waals surface area contributed by atoms with Crippen molar-refractivity contribution >= 4 is 12.6 Å². The van der Waals surface area contributed by atoms with Crippen LogP contribution in [0, 0.1) is 11.8 Å². The fourth-order valence-electron chi connectivity index (χ4n) is 2.62. The highest BCUT2D eigenvalue weighted by atomic mass is 16.3. The first-order chi connectivity index (χ1) is 11.7. The number of benzene rings is 1. The number of phenols is 1. The van der Waals surface area contributed by atoms with Gasteiger partial charge in [0.25, 0.3) is 0 Å². The van der Waals surface area contributed by atoms with Gasteiger partial charge < -0.3 is 5.11 Å². The highest BCUT2D eigenvalue weighted by molar-refractivity contribution is 5.89. The number of unbranched alkanes of at least 4 members (excludes halogenated alkanes) is 9. The van der Waals surface area contributed by atoms with E-state index in [0.29, 0.717) is 18.1 Å². The Morgan fingerprint density at radius 3 is 1.88 bits per heavy atom. The maximum atomic E-state index is 10.9. The number of rotatable bonds is 11. The number of aromatic hydroxyl groups is 1. The summed E-state index contributed by atoms with van der Waals surface area (Å²) >= 11 is 0. The van der Waals surface area contributed by atoms with Gasteiger partial charge in [-0.25, -0.2) is 0 Å². The lowest BCUT2D eigenvalue weighted by molar-refractivity contribution is 0.112. The molecule has 0 aliphatic heterocycles. The summed E-state index contributed by atoms with van der Waals surface area (Å²) in [4.78, 5) is 21.8. The Labute approximate surface area is 145 Å². The van der Waals surface area contributed by atoms with Crippen LogP contribution >= 0.6 is 0 Å². The zero-order valence-electron chi connectivity index (χ0n) is 14.6. The Kier molecular flexibility index (Phi) is 10.3. The summed E-state index contributed by atoms with van der Waals surface area (Å²) in [5, 5.41) is 9.66. The van der Waals surface area contributed by atoms with Gasteiger partial charge in [-0.2, -0.15) is 0 Å². The molecule has 0 radical (unpaired) electrons. The van der Waals surface area contributed by atoms with Crippen LogP contribution in [-0.4, -0.2) is 17.7 Å². The van der Waals surface area contributed by atoms with Gasteiger partial charge in [0, 0.05) is 12.0 Å². The third kappa shape index (κ3) is 7.46. The monoisotopic (exact) mass is 328 g/mol. The smallest absolute Gasteiger partial charge is 0.153 e. The summed E-state index contributed by atoms with van der Waals surface area (Å²) in [5.41, 5.74) is 0.798. The van der Waals surface area contributed by atoms with Crippen molar-refractivity contribution in [3.05, 3.63) is 28.8 Å². The third-order valence-electron chi connectivity index (χ3n) is 4.06. The second-order valence-corrected chi connectivity index (χ2v) is 6.12. The molecule has 1 aromatic carbocycles. The maximum absolute atomic E-state index is 10.9. The largest absolute Gasteiger partial charge is 0.506 e. The molecule has 3 nitrogen and oxygen atoms in total. The summed E-state index contributed by atoms with van der Waals surface area (Å²) in [6.45, 7) is 2.23. The first-order valence-electron chi connectivity index (χ1n) is 8.99. The van der Waals surface area contributed by atoms with Gasteiger partial charge in [0.1, 0.15) is 5.75 Å². The van der Waals surface area contributed by atoms with Crippen LogP contribution < -0.4 is 0 Å². The molecule has 3 heteroatoms. The van der Waals surface area contributed by atoms with Crippen molar-refractivity contribution in [3.63, 3.8) is 0 Å². The van der Waals surface area contributed by atoms with Gasteiger partial charge in [-0.3, -0.25) is 9.59 Å². The van der Waals surface area contributed by atoms with Gasteiger partial charge in [0.15, 0.2) is 12.6 Å². The Morgan fingerprint density at radius 1 is 0.875 bits per heavy atom. The van der Waals surface area contributed by atoms with E-state index in [9.17, 15) is 14.7 Å². The zero-order valence-corrected chi connectivity index (χ0v) is 14.6. The van der Waals surface area contributed by atoms with Crippen molar-refractivity contribution in [2.24, 2.45) is 0 Å². The first-order valence-corrected chi connectivity index (χ1v) is 8.99. The number of phenolic OH excluding ortho intramolecular Hbond substituents is 1. The van der Waals surface area contributed by atoms with E-state index >= 15 is 0 Å². The second kappa shape index (κ2) is 12.4. The molecule has 0 saturated carbocycles. The number of hydrogen-bond acceptors (Lipinski definition) is 3. The SMILES string of the molecule is CCCCCCCCCCCC#Cc1cc(C=O)c(O)c(C=O)c1. The Bertz CT molecular complexity index is 549. The van der Waals surface area contributed by atoms with Gasteiger partial charge in [-0.1, -0.05) is 70.1 Å². The summed E-state index contributed by atoms with van der Waals surface area (Å²) in [6, 6.07) is 3.03. The predicted molar refractivity (Wildman–Crippen MR) is 97.6 cm³/mol. The van der Waals surface area contributed by atoms with Gasteiger partial charge >= 0.3 is 0 Å². The Hall–Kier alpha value is -2.08. The third-order valence-corrected chi connectivity index (χ3v) is 4.06. The lowest BCUT2D eigenvalue weighted by Crippen LogP contribution is -1.91. The number of aldehydes is 2. The molecule has 0 aliphatic rings. The van der Waals surface area contributed by atoms with Crippen molar-refractivity contribution in [2.75, 3.05) is 0 Å². The standard InChI is InChI=1S/C21H28O3/c1-2-3-4-5-6-7-8-9-10-11-12-13-18-14-19(16-22)21(24)20(15-18)17-23/h14-17,24H,2-11H2,1H3. The molecule has 0 fully saturated rings. The van der Waals surface area contributed by atoms with Crippen LogP contribution in [0.15, 0.2) is 12.1 Å². The summed E-state index contributed by atoms with van der Waals surface area (Å²) in [6.07, 6.45) is 13.4. The molecule has 1 N–H and O–H groups in total. The lowest BCUT2D eigenvalue weighted by Gasteiger charge is -2.01. The van der Waals surface area contributed by atoms with Crippen molar-refractivity contribution in [2.45, 2.75) is 71.1 Å². The van der Waals surface area contributed by atoms with Crippen LogP contribution in [0.25, 0.3) is 0 Å². The molecule has 0 heterocycles. The van der Waals surface area contributed by atoms with Crippen molar-refractivity contribution in [3.8, 4) is 17.6 Å². The van der Waals surface area contributed by atoms with Gasteiger partial charge in [-0.15, -0.1) is 0 Å². The first kappa shape index (κ1) is 20.0. The molecule has 0 unspecified atom stereocenters. The van der Waals surface area contributed by atoms with E-state index in [0.717, 1.165) is 12.8 Å². The molecule has 0 atom stereocenters. The quantitative estimate of drug-likeness (QED) is 0.341. The molecule has 1 aromatic rings. The van der Waals surface area contributed by atoms with Crippen molar-refractivity contribution < 1.29 is 14.7 Å². The number of hydrogen-bond donors (Lipinski definition) is 1. The fraction of sp³-hybridized carbons (Fsp3) is 0.524. The average molecular weight is 328 g/mol. The minimum absolute atomic E-state index is 0.104. The minimum atomic E-state index is -0.274. The van der Waals surface area contributed by atoms with Gasteiger partial charge in [-0.05, 0) is 18.6 Å². The normalized spacial score (nSPS) is 10.0. The van der Waals surface area contributed by atoms with Gasteiger partial charge in [0.05, 0.1) is 11.1 Å². The van der Waals surface area contributed by atoms with E-state index < -0.39 is 0 Å². The second-order valence-electron chi connectivity index (χ2n) is 6.12. The molecule has 0 aliphatic carbocycles. The van der Waals surface area contributed by atoms with E-state index in [1.807, 2.05) is 0 Å². The highest BCUT2D eigenvalue weighted by Crippen LogP contribution is 2.21. The lowest BCUT2D eigenvalue weighted by atomic mass is 10.0. The van der Waals surface area contributed by atoms with Crippen LogP contribution in [0.2, 0.25) is 0 Å². The summed E-state index contributed by atoms with van der Waals surface area (Å²) < 4.78 is 0. The molecule has 0 spiro atoms. The fourth-order valence-corrected chi connectivity index (χ4v) is 2.62. The van der Waals surface area contributed by atoms with E-state index in [-0.39, 0.29) is 16.9 Å². The van der Waals surface area contributed by atoms with Crippen LogP contribution in [0.4, 0.5) is 0 Å². The topological polar surface area (TPSA) is 54.4 Å². The molecular weight excluding hydrogens is 300 g/mol. The summed E-state index contributed by atoms with van der Waals surface area (Å²) in [5.74, 6) is 5.77. The molecule has 0 saturated heterocycles. The average Bonchev–Trinajstić information content (AvgIpc) is 2.60. The maximum Gasteiger partial charge on any atom is 0.153 e. The van der Waals surface area contributed by atoms with Crippen molar-refractivity contribution in [1.82, 2.24) is 0 Å². The molecule has 130 valence electrons. The number of carbonyl (C=O) groups excluding carboxylic acids is 2. The predicted octanol–water partition coefficient (Wildman–Crippen LogP) is 5.29. The van der Waals surface area contributed by atoms with Crippen LogP contribution in [-0.2, 0) is 0 Å². The Morgan fingerprint density at radius 2 is 1.38 bits per heavy atom. The van der Waals surface area contributed by atoms with Crippen LogP contribution in [0.1, 0.15) is 97.4 Å². The Balaban J connectivity index is 2.29. The molecule has 0 amide bonds. The zero-order chi connectivity index (χ0) is 17.6. The minimum Gasteiger partial charge on any atom is -0.506 e. The van der Waals surface area contributed by atoms with Crippen LogP contribution in [0.3, 0.4) is 0 Å². The highest BCUT2D eigenvalue weighted by Gasteiger charge is 2.07. The van der Waals surface area contributed by atoms with E-state index in [1.165, 1.54) is 63.5 Å². The summed E-state index contributed by atoms with van der Waals surface area (Å²) in [7, 11) is 0. The van der Waals surface area contributed by atoms with E-state index in [1.54, 1.807) is 0 Å². The number of carbonyl (C=O) groups is 2. The van der Waals surface area contributed by atoms with E-state index in [4.69, 9.17) is 0 Å². The van der Waals surface area contributed by atoms with Gasteiger partial charge in [0.2, 0.25) is 0 Å². The van der Waals surface area contributed by atoms with E-state index in [2.05, 4.69) is 18.8 Å². The molecule has 0 aromatic heterocycles. The molecule has 0 bridgehead atoms. The van der Waals surface area contributed by atoms with Crippen molar-refractivity contribution in [1.29, 1.82) is 0 Å². The molecule has 24 heavy (non-hydrogen) atoms. The molecular formula is C21H28O3.